The third-order valence-corrected chi connectivity index (χ3v) is 4.36. The summed E-state index contributed by atoms with van der Waals surface area (Å²) in [6.45, 7) is 0.378. The molecule has 20 heavy (non-hydrogen) atoms. The van der Waals surface area contributed by atoms with Crippen LogP contribution in [0.15, 0.2) is 22.7 Å². The van der Waals surface area contributed by atoms with Crippen molar-refractivity contribution in [2.45, 2.75) is 25.0 Å². The summed E-state index contributed by atoms with van der Waals surface area (Å²) in [6, 6.07) is 4.05. The summed E-state index contributed by atoms with van der Waals surface area (Å²) in [5, 5.41) is 9.34. The van der Waals surface area contributed by atoms with Gasteiger partial charge in [-0.1, -0.05) is 15.9 Å². The lowest BCUT2D eigenvalue weighted by molar-refractivity contribution is -0.132. The number of aliphatic hydroxyl groups excluding tert-OH is 1. The molecule has 1 aromatic rings. The second-order valence-corrected chi connectivity index (χ2v) is 5.74. The second kappa shape index (κ2) is 6.65. The monoisotopic (exact) mass is 345 g/mol. The van der Waals surface area contributed by atoms with Crippen LogP contribution in [0.3, 0.4) is 0 Å². The van der Waals surface area contributed by atoms with E-state index in [9.17, 15) is 14.3 Å². The van der Waals surface area contributed by atoms with E-state index in [4.69, 9.17) is 4.74 Å². The SMILES string of the molecule is CO[C@H]1C[C@@H](CO)N(C(=O)Cc2cc(F)ccc2Br)C1. The van der Waals surface area contributed by atoms with Gasteiger partial charge in [-0.3, -0.25) is 4.79 Å². The van der Waals surface area contributed by atoms with Crippen molar-refractivity contribution in [3.8, 4) is 0 Å². The van der Waals surface area contributed by atoms with Crippen LogP contribution in [0.1, 0.15) is 12.0 Å². The van der Waals surface area contributed by atoms with Crippen LogP contribution in [-0.4, -0.2) is 48.3 Å². The molecule has 1 heterocycles. The van der Waals surface area contributed by atoms with E-state index in [2.05, 4.69) is 15.9 Å². The maximum absolute atomic E-state index is 13.2. The molecule has 0 unspecified atom stereocenters. The zero-order chi connectivity index (χ0) is 14.7. The van der Waals surface area contributed by atoms with E-state index in [-0.39, 0.29) is 36.9 Å². The number of hydrogen-bond donors (Lipinski definition) is 1. The molecule has 0 aromatic heterocycles. The van der Waals surface area contributed by atoms with E-state index < -0.39 is 0 Å². The average Bonchev–Trinajstić information content (AvgIpc) is 2.86. The summed E-state index contributed by atoms with van der Waals surface area (Å²) in [6.07, 6.45) is 0.681. The largest absolute Gasteiger partial charge is 0.394 e. The molecule has 0 spiro atoms. The molecule has 1 aliphatic heterocycles. The number of amides is 1. The first-order valence-corrected chi connectivity index (χ1v) is 7.21. The molecule has 6 heteroatoms. The molecule has 1 amide bonds. The molecule has 2 atom stereocenters. The standard InChI is InChI=1S/C14H17BrFNO3/c1-20-12-6-11(8-18)17(7-12)14(19)5-9-4-10(16)2-3-13(9)15/h2-4,11-12,18H,5-8H2,1H3/t11-,12-/m0/s1. The molecule has 110 valence electrons. The predicted octanol–water partition coefficient (Wildman–Crippen LogP) is 1.74. The van der Waals surface area contributed by atoms with Crippen molar-refractivity contribution in [2.24, 2.45) is 0 Å². The average molecular weight is 346 g/mol. The summed E-state index contributed by atoms with van der Waals surface area (Å²) >= 11 is 3.31. The Morgan fingerprint density at radius 3 is 3.00 bits per heavy atom. The van der Waals surface area contributed by atoms with E-state index in [1.54, 1.807) is 18.1 Å². The van der Waals surface area contributed by atoms with Gasteiger partial charge in [0.15, 0.2) is 0 Å². The number of aliphatic hydroxyl groups is 1. The Morgan fingerprint density at radius 2 is 2.35 bits per heavy atom. The maximum Gasteiger partial charge on any atom is 0.227 e. The first-order valence-electron chi connectivity index (χ1n) is 6.42. The molecule has 0 radical (unpaired) electrons. The first kappa shape index (κ1) is 15.4. The van der Waals surface area contributed by atoms with Crippen molar-refractivity contribution in [1.82, 2.24) is 4.90 Å². The van der Waals surface area contributed by atoms with E-state index in [0.29, 0.717) is 23.0 Å². The Balaban J connectivity index is 2.09. The molecule has 1 aromatic carbocycles. The molecule has 2 rings (SSSR count). The Morgan fingerprint density at radius 1 is 1.60 bits per heavy atom. The summed E-state index contributed by atoms with van der Waals surface area (Å²) in [5.41, 5.74) is 0.604. The van der Waals surface area contributed by atoms with Gasteiger partial charge in [0, 0.05) is 18.1 Å². The quantitative estimate of drug-likeness (QED) is 0.904. The number of carbonyl (C=O) groups is 1. The smallest absolute Gasteiger partial charge is 0.227 e. The minimum atomic E-state index is -0.370. The summed E-state index contributed by atoms with van der Waals surface area (Å²) in [5.74, 6) is -0.499. The van der Waals surface area contributed by atoms with E-state index in [1.807, 2.05) is 0 Å². The number of nitrogens with zero attached hydrogens (tertiary/aromatic N) is 1. The number of ether oxygens (including phenoxy) is 1. The molecule has 0 aliphatic carbocycles. The highest BCUT2D eigenvalue weighted by Crippen LogP contribution is 2.23. The van der Waals surface area contributed by atoms with Crippen molar-refractivity contribution in [3.05, 3.63) is 34.1 Å². The van der Waals surface area contributed by atoms with Crippen LogP contribution in [0.4, 0.5) is 4.39 Å². The Hall–Kier alpha value is -0.980. The summed E-state index contributed by atoms with van der Waals surface area (Å²) < 4.78 is 19.2. The van der Waals surface area contributed by atoms with E-state index in [1.165, 1.54) is 12.1 Å². The molecule has 4 nitrogen and oxygen atoms in total. The summed E-state index contributed by atoms with van der Waals surface area (Å²) in [7, 11) is 1.59. The second-order valence-electron chi connectivity index (χ2n) is 4.89. The van der Waals surface area contributed by atoms with Crippen LogP contribution in [0.5, 0.6) is 0 Å². The van der Waals surface area contributed by atoms with Crippen LogP contribution in [-0.2, 0) is 16.0 Å². The van der Waals surface area contributed by atoms with Gasteiger partial charge in [0.05, 0.1) is 25.2 Å². The lowest BCUT2D eigenvalue weighted by atomic mass is 10.1. The van der Waals surface area contributed by atoms with Crippen LogP contribution in [0, 0.1) is 5.82 Å². The van der Waals surface area contributed by atoms with Gasteiger partial charge in [-0.05, 0) is 30.2 Å². The van der Waals surface area contributed by atoms with Gasteiger partial charge in [-0.25, -0.2) is 4.39 Å². The molecule has 1 N–H and O–H groups in total. The number of benzene rings is 1. The number of carbonyl (C=O) groups excluding carboxylic acids is 1. The highest BCUT2D eigenvalue weighted by atomic mass is 79.9. The fourth-order valence-corrected chi connectivity index (χ4v) is 2.85. The molecule has 1 saturated heterocycles. The number of halogens is 2. The Kier molecular flexibility index (Phi) is 5.12. The van der Waals surface area contributed by atoms with Crippen LogP contribution < -0.4 is 0 Å². The molecule has 0 saturated carbocycles. The van der Waals surface area contributed by atoms with Crippen molar-refractivity contribution in [1.29, 1.82) is 0 Å². The zero-order valence-corrected chi connectivity index (χ0v) is 12.8. The third-order valence-electron chi connectivity index (χ3n) is 3.59. The van der Waals surface area contributed by atoms with Gasteiger partial charge in [-0.15, -0.1) is 0 Å². The Bertz CT molecular complexity index is 497. The molecule has 0 bridgehead atoms. The van der Waals surface area contributed by atoms with Crippen LogP contribution in [0.2, 0.25) is 0 Å². The minimum absolute atomic E-state index is 0.0490. The van der Waals surface area contributed by atoms with Gasteiger partial charge < -0.3 is 14.7 Å². The maximum atomic E-state index is 13.2. The van der Waals surface area contributed by atoms with Crippen molar-refractivity contribution in [2.75, 3.05) is 20.3 Å². The fourth-order valence-electron chi connectivity index (χ4n) is 2.47. The fraction of sp³-hybridized carbons (Fsp3) is 0.500. The number of rotatable bonds is 4. The van der Waals surface area contributed by atoms with Crippen LogP contribution in [0.25, 0.3) is 0 Å². The van der Waals surface area contributed by atoms with Crippen LogP contribution >= 0.6 is 15.9 Å². The van der Waals surface area contributed by atoms with E-state index in [0.717, 1.165) is 0 Å². The first-order chi connectivity index (χ1) is 9.55. The van der Waals surface area contributed by atoms with Crippen molar-refractivity contribution >= 4 is 21.8 Å². The number of likely N-dealkylation sites (tertiary alicyclic amines) is 1. The number of hydrogen-bond acceptors (Lipinski definition) is 3. The zero-order valence-electron chi connectivity index (χ0n) is 11.2. The predicted molar refractivity (Wildman–Crippen MR) is 75.8 cm³/mol. The summed E-state index contributed by atoms with van der Waals surface area (Å²) in [4.78, 5) is 13.9. The topological polar surface area (TPSA) is 49.8 Å². The van der Waals surface area contributed by atoms with Crippen molar-refractivity contribution < 1.29 is 19.0 Å². The molecule has 1 fully saturated rings. The minimum Gasteiger partial charge on any atom is -0.394 e. The van der Waals surface area contributed by atoms with Crippen molar-refractivity contribution in [3.63, 3.8) is 0 Å². The highest BCUT2D eigenvalue weighted by Gasteiger charge is 2.34. The third kappa shape index (κ3) is 3.37. The lowest BCUT2D eigenvalue weighted by Gasteiger charge is -2.23. The molecule has 1 aliphatic rings. The van der Waals surface area contributed by atoms with Gasteiger partial charge in [0.25, 0.3) is 0 Å². The highest BCUT2D eigenvalue weighted by molar-refractivity contribution is 9.10. The number of methoxy groups -OCH3 is 1. The van der Waals surface area contributed by atoms with E-state index >= 15 is 0 Å². The van der Waals surface area contributed by atoms with Gasteiger partial charge in [0.1, 0.15) is 5.82 Å². The van der Waals surface area contributed by atoms with Gasteiger partial charge in [-0.2, -0.15) is 0 Å². The molecular weight excluding hydrogens is 329 g/mol. The molecular formula is C14H17BrFNO3. The lowest BCUT2D eigenvalue weighted by Crippen LogP contribution is -2.39. The van der Waals surface area contributed by atoms with Gasteiger partial charge >= 0.3 is 0 Å². The van der Waals surface area contributed by atoms with Gasteiger partial charge in [0.2, 0.25) is 5.91 Å². The Labute approximate surface area is 125 Å². The normalized spacial score (nSPS) is 22.3.